The van der Waals surface area contributed by atoms with Crippen LogP contribution in [0.1, 0.15) is 28.3 Å². The summed E-state index contributed by atoms with van der Waals surface area (Å²) in [5, 5.41) is 22.3. The number of hydrogen-bond acceptors (Lipinski definition) is 9. The van der Waals surface area contributed by atoms with Crippen LogP contribution in [0, 0.1) is 13.8 Å². The number of halogens is 1. The van der Waals surface area contributed by atoms with E-state index >= 15 is 0 Å². The van der Waals surface area contributed by atoms with Gasteiger partial charge in [0.25, 0.3) is 5.78 Å². The summed E-state index contributed by atoms with van der Waals surface area (Å²) in [6, 6.07) is 10.8. The third-order valence-electron chi connectivity index (χ3n) is 6.87. The molecule has 204 valence electrons. The zero-order valence-corrected chi connectivity index (χ0v) is 24.1. The first-order valence-corrected chi connectivity index (χ1v) is 13.9. The molecule has 40 heavy (non-hydrogen) atoms. The largest absolute Gasteiger partial charge is 0.507 e. The van der Waals surface area contributed by atoms with Crippen molar-refractivity contribution in [2.24, 2.45) is 0 Å². The number of rotatable bonds is 4. The van der Waals surface area contributed by atoms with Gasteiger partial charge in [0.1, 0.15) is 19.0 Å². The van der Waals surface area contributed by atoms with Crippen LogP contribution >= 0.6 is 27.3 Å². The van der Waals surface area contributed by atoms with Gasteiger partial charge in [-0.15, -0.1) is 0 Å². The number of ketones is 1. The fourth-order valence-corrected chi connectivity index (χ4v) is 6.69. The van der Waals surface area contributed by atoms with Crippen LogP contribution in [-0.4, -0.2) is 47.2 Å². The van der Waals surface area contributed by atoms with Crippen molar-refractivity contribution < 1.29 is 34.0 Å². The Kier molecular flexibility index (Phi) is 6.42. The van der Waals surface area contributed by atoms with Gasteiger partial charge in [-0.25, -0.2) is 4.98 Å². The number of aromatic hydroxyl groups is 1. The highest BCUT2D eigenvalue weighted by Crippen LogP contribution is 2.48. The number of methoxy groups -OCH3 is 1. The minimum absolute atomic E-state index is 0.130. The van der Waals surface area contributed by atoms with Gasteiger partial charge < -0.3 is 24.4 Å². The SMILES string of the molecule is COc1cc([C@@H]2C(=C(O)c3ccc4c(c3)OCCO4)C(=O)C(=O)N2c2nc3c(C)cc(C)cc3s2)cc(Br)c1O. The van der Waals surface area contributed by atoms with Gasteiger partial charge in [0, 0.05) is 5.56 Å². The lowest BCUT2D eigenvalue weighted by atomic mass is 9.95. The van der Waals surface area contributed by atoms with Crippen molar-refractivity contribution in [1.29, 1.82) is 0 Å². The molecular formula is C29H23BrN2O7S. The summed E-state index contributed by atoms with van der Waals surface area (Å²) < 4.78 is 17.8. The maximum atomic E-state index is 13.7. The topological polar surface area (TPSA) is 118 Å². The van der Waals surface area contributed by atoms with E-state index in [9.17, 15) is 19.8 Å². The van der Waals surface area contributed by atoms with Crippen LogP contribution in [-0.2, 0) is 9.59 Å². The number of aryl methyl sites for hydroxylation is 2. The summed E-state index contributed by atoms with van der Waals surface area (Å²) in [5.74, 6) is -1.14. The molecule has 0 spiro atoms. The standard InChI is InChI=1S/C29H23BrN2O7S/c1-13-8-14(2)23-21(9-13)40-29(31-23)32-24(16-10-17(30)26(34)20(12-16)37-3)22(27(35)28(32)36)25(33)15-4-5-18-19(11-15)39-7-6-38-18/h4-5,8-12,24,33-34H,6-7H2,1-3H3/t24-/m1/s1. The summed E-state index contributed by atoms with van der Waals surface area (Å²) in [7, 11) is 1.40. The highest BCUT2D eigenvalue weighted by molar-refractivity contribution is 9.10. The van der Waals surface area contributed by atoms with Crippen LogP contribution in [0.2, 0.25) is 0 Å². The quantitative estimate of drug-likeness (QED) is 0.167. The molecule has 1 amide bonds. The smallest absolute Gasteiger partial charge is 0.301 e. The molecular weight excluding hydrogens is 600 g/mol. The van der Waals surface area contributed by atoms with Crippen LogP contribution < -0.4 is 19.1 Å². The Labute approximate surface area is 241 Å². The van der Waals surface area contributed by atoms with E-state index in [0.717, 1.165) is 21.3 Å². The number of nitrogens with zero attached hydrogens (tertiary/aromatic N) is 2. The molecule has 4 aromatic rings. The Bertz CT molecular complexity index is 1760. The first-order chi connectivity index (χ1) is 19.2. The molecule has 0 bridgehead atoms. The molecule has 0 unspecified atom stereocenters. The van der Waals surface area contributed by atoms with Gasteiger partial charge in [-0.2, -0.15) is 0 Å². The maximum Gasteiger partial charge on any atom is 0.301 e. The zero-order chi connectivity index (χ0) is 28.3. The highest BCUT2D eigenvalue weighted by atomic mass is 79.9. The van der Waals surface area contributed by atoms with Gasteiger partial charge in [0.05, 0.1) is 33.4 Å². The highest BCUT2D eigenvalue weighted by Gasteiger charge is 2.48. The molecule has 3 heterocycles. The van der Waals surface area contributed by atoms with Crippen LogP contribution in [0.25, 0.3) is 16.0 Å². The number of phenolic OH excluding ortho intramolecular Hbond substituents is 1. The van der Waals surface area contributed by atoms with Crippen molar-refractivity contribution in [3.8, 4) is 23.0 Å². The van der Waals surface area contributed by atoms with Crippen LogP contribution in [0.5, 0.6) is 23.0 Å². The van der Waals surface area contributed by atoms with E-state index in [0.29, 0.717) is 39.9 Å². The van der Waals surface area contributed by atoms with Gasteiger partial charge in [0.15, 0.2) is 28.1 Å². The molecule has 1 saturated heterocycles. The Morgan fingerprint density at radius 2 is 1.85 bits per heavy atom. The van der Waals surface area contributed by atoms with Crippen molar-refractivity contribution in [2.75, 3.05) is 25.2 Å². The number of carbonyl (C=O) groups excluding carboxylic acids is 2. The Hall–Kier alpha value is -4.09. The van der Waals surface area contributed by atoms with Crippen LogP contribution in [0.15, 0.2) is 52.5 Å². The second-order valence-electron chi connectivity index (χ2n) is 9.51. The number of aromatic nitrogens is 1. The number of fused-ring (bicyclic) bond motifs is 2. The molecule has 1 atom stereocenters. The molecule has 3 aromatic carbocycles. The van der Waals surface area contributed by atoms with Crippen LogP contribution in [0.4, 0.5) is 5.13 Å². The van der Waals surface area contributed by atoms with Crippen molar-refractivity contribution in [3.63, 3.8) is 0 Å². The van der Waals surface area contributed by atoms with Gasteiger partial charge in [-0.05, 0) is 82.9 Å². The molecule has 1 aromatic heterocycles. The fourth-order valence-electron chi connectivity index (χ4n) is 5.06. The summed E-state index contributed by atoms with van der Waals surface area (Å²) >= 11 is 4.62. The number of amides is 1. The number of aliphatic hydroxyl groups excluding tert-OH is 1. The van der Waals surface area contributed by atoms with E-state index in [1.807, 2.05) is 26.0 Å². The van der Waals surface area contributed by atoms with Gasteiger partial charge in [0.2, 0.25) is 0 Å². The molecule has 2 N–H and O–H groups in total. The van der Waals surface area contributed by atoms with Gasteiger partial charge in [-0.3, -0.25) is 14.5 Å². The van der Waals surface area contributed by atoms with Crippen molar-refractivity contribution in [2.45, 2.75) is 19.9 Å². The average Bonchev–Trinajstić information content (AvgIpc) is 3.47. The molecule has 2 aliphatic heterocycles. The number of Topliss-reactive ketones (excluding diaryl/α,β-unsaturated/α-hetero) is 1. The second-order valence-corrected chi connectivity index (χ2v) is 11.4. The molecule has 9 nitrogen and oxygen atoms in total. The molecule has 0 aliphatic carbocycles. The number of thiazole rings is 1. The van der Waals surface area contributed by atoms with Gasteiger partial charge >= 0.3 is 5.91 Å². The van der Waals surface area contributed by atoms with E-state index in [1.165, 1.54) is 29.4 Å². The first-order valence-electron chi connectivity index (χ1n) is 12.3. The lowest BCUT2D eigenvalue weighted by molar-refractivity contribution is -0.132. The first kappa shape index (κ1) is 26.1. The molecule has 2 aliphatic rings. The van der Waals surface area contributed by atoms with E-state index in [4.69, 9.17) is 19.2 Å². The van der Waals surface area contributed by atoms with Gasteiger partial charge in [-0.1, -0.05) is 17.4 Å². The lowest BCUT2D eigenvalue weighted by Gasteiger charge is -2.24. The normalized spacial score (nSPS) is 18.0. The van der Waals surface area contributed by atoms with Crippen molar-refractivity contribution in [3.05, 3.63) is 74.8 Å². The minimum Gasteiger partial charge on any atom is -0.507 e. The van der Waals surface area contributed by atoms with E-state index in [-0.39, 0.29) is 28.4 Å². The molecule has 0 radical (unpaired) electrons. The Balaban J connectivity index is 1.59. The predicted molar refractivity (Wildman–Crippen MR) is 154 cm³/mol. The summed E-state index contributed by atoms with van der Waals surface area (Å²) in [4.78, 5) is 33.3. The zero-order valence-electron chi connectivity index (χ0n) is 21.6. The number of aliphatic hydroxyl groups is 1. The van der Waals surface area contributed by atoms with E-state index < -0.39 is 17.7 Å². The Morgan fingerprint density at radius 3 is 2.60 bits per heavy atom. The number of carbonyl (C=O) groups is 2. The number of hydrogen-bond donors (Lipinski definition) is 2. The van der Waals surface area contributed by atoms with Crippen molar-refractivity contribution in [1.82, 2.24) is 4.98 Å². The van der Waals surface area contributed by atoms with E-state index in [2.05, 4.69) is 15.9 Å². The monoisotopic (exact) mass is 622 g/mol. The van der Waals surface area contributed by atoms with Crippen LogP contribution in [0.3, 0.4) is 0 Å². The average molecular weight is 623 g/mol. The number of benzene rings is 3. The minimum atomic E-state index is -1.07. The molecule has 11 heteroatoms. The second kappa shape index (κ2) is 9.83. The Morgan fingerprint density at radius 1 is 1.10 bits per heavy atom. The number of phenols is 1. The third kappa shape index (κ3) is 4.16. The summed E-state index contributed by atoms with van der Waals surface area (Å²) in [6.45, 7) is 4.67. The predicted octanol–water partition coefficient (Wildman–Crippen LogP) is 5.79. The number of anilines is 1. The number of ether oxygens (including phenoxy) is 3. The summed E-state index contributed by atoms with van der Waals surface area (Å²) in [5.41, 5.74) is 3.29. The summed E-state index contributed by atoms with van der Waals surface area (Å²) in [6.07, 6.45) is 0. The maximum absolute atomic E-state index is 13.7. The third-order valence-corrected chi connectivity index (χ3v) is 8.48. The van der Waals surface area contributed by atoms with Crippen molar-refractivity contribution >= 4 is 60.1 Å². The molecule has 6 rings (SSSR count). The molecule has 1 fully saturated rings. The fraction of sp³-hybridized carbons (Fsp3) is 0.207. The molecule has 0 saturated carbocycles. The van der Waals surface area contributed by atoms with E-state index in [1.54, 1.807) is 24.3 Å². The lowest BCUT2D eigenvalue weighted by Crippen LogP contribution is -2.29.